The van der Waals surface area contributed by atoms with Crippen molar-refractivity contribution in [3.8, 4) is 17.0 Å². The number of phenols is 1. The van der Waals surface area contributed by atoms with Gasteiger partial charge in [0.05, 0.1) is 23.9 Å². The van der Waals surface area contributed by atoms with E-state index in [1.807, 2.05) is 36.4 Å². The number of nitrogens with one attached hydrogen (secondary N) is 1. The van der Waals surface area contributed by atoms with Crippen molar-refractivity contribution in [2.24, 2.45) is 0 Å². The van der Waals surface area contributed by atoms with E-state index in [1.54, 1.807) is 18.2 Å². The molecule has 3 aromatic rings. The summed E-state index contributed by atoms with van der Waals surface area (Å²) in [5.74, 6) is 0.150. The summed E-state index contributed by atoms with van der Waals surface area (Å²) in [6.45, 7) is -0.0763. The molecule has 1 aromatic heterocycles. The maximum Gasteiger partial charge on any atom is 0.117 e. The first-order valence-corrected chi connectivity index (χ1v) is 7.39. The van der Waals surface area contributed by atoms with Crippen molar-refractivity contribution in [1.82, 2.24) is 4.98 Å². The molecular weight excluding hydrogens is 292 g/mol. The molecule has 118 valence electrons. The van der Waals surface area contributed by atoms with Crippen LogP contribution in [0.4, 0.5) is 5.69 Å². The maximum atomic E-state index is 9.71. The lowest BCUT2D eigenvalue weighted by atomic mass is 10.1. The van der Waals surface area contributed by atoms with Crippen molar-refractivity contribution in [2.75, 3.05) is 18.5 Å². The van der Waals surface area contributed by atoms with Crippen molar-refractivity contribution in [3.05, 3.63) is 54.6 Å². The Morgan fingerprint density at radius 1 is 1.04 bits per heavy atom. The van der Waals surface area contributed by atoms with Crippen LogP contribution in [0.1, 0.15) is 0 Å². The molecule has 0 amide bonds. The number of hydrogen-bond acceptors (Lipinski definition) is 5. The van der Waals surface area contributed by atoms with Gasteiger partial charge in [-0.15, -0.1) is 0 Å². The second-order valence-corrected chi connectivity index (χ2v) is 5.34. The van der Waals surface area contributed by atoms with Gasteiger partial charge in [-0.25, -0.2) is 4.98 Å². The van der Waals surface area contributed by atoms with Crippen molar-refractivity contribution in [3.63, 3.8) is 0 Å². The number of anilines is 1. The number of aliphatic hydroxyl groups excluding tert-OH is 2. The molecule has 5 nitrogen and oxygen atoms in total. The molecule has 5 heteroatoms. The monoisotopic (exact) mass is 310 g/mol. The summed E-state index contributed by atoms with van der Waals surface area (Å²) in [5.41, 5.74) is 3.18. The van der Waals surface area contributed by atoms with Gasteiger partial charge in [0.25, 0.3) is 0 Å². The molecule has 0 saturated carbocycles. The predicted octanol–water partition coefficient (Wildman–Crippen LogP) is 2.37. The fourth-order valence-electron chi connectivity index (χ4n) is 2.41. The van der Waals surface area contributed by atoms with Gasteiger partial charge in [0.1, 0.15) is 5.75 Å². The van der Waals surface area contributed by atoms with E-state index in [9.17, 15) is 10.2 Å². The fraction of sp³-hybridized carbons (Fsp3) is 0.167. The van der Waals surface area contributed by atoms with E-state index >= 15 is 0 Å². The molecule has 1 atom stereocenters. The third-order valence-corrected chi connectivity index (χ3v) is 3.60. The van der Waals surface area contributed by atoms with Crippen molar-refractivity contribution < 1.29 is 15.3 Å². The molecule has 1 heterocycles. The van der Waals surface area contributed by atoms with E-state index in [0.717, 1.165) is 22.3 Å². The largest absolute Gasteiger partial charge is 0.508 e. The summed E-state index contributed by atoms with van der Waals surface area (Å²) in [5, 5.41) is 32.2. The van der Waals surface area contributed by atoms with Crippen molar-refractivity contribution in [2.45, 2.75) is 6.10 Å². The Labute approximate surface area is 133 Å². The van der Waals surface area contributed by atoms with Gasteiger partial charge >= 0.3 is 0 Å². The zero-order valence-corrected chi connectivity index (χ0v) is 12.5. The van der Waals surface area contributed by atoms with Crippen LogP contribution in [-0.2, 0) is 0 Å². The Hall–Kier alpha value is -2.63. The third kappa shape index (κ3) is 3.41. The highest BCUT2D eigenvalue weighted by Gasteiger charge is 2.10. The molecule has 3 rings (SSSR count). The van der Waals surface area contributed by atoms with Crippen LogP contribution < -0.4 is 5.32 Å². The molecule has 2 aromatic carbocycles. The summed E-state index contributed by atoms with van der Waals surface area (Å²) >= 11 is 0. The first-order valence-electron chi connectivity index (χ1n) is 7.39. The molecule has 0 saturated heterocycles. The summed E-state index contributed by atoms with van der Waals surface area (Å²) < 4.78 is 0. The lowest BCUT2D eigenvalue weighted by Gasteiger charge is -2.14. The highest BCUT2D eigenvalue weighted by Crippen LogP contribution is 2.30. The number of benzene rings is 2. The number of aromatic hydroxyl groups is 1. The van der Waals surface area contributed by atoms with E-state index < -0.39 is 6.10 Å². The van der Waals surface area contributed by atoms with E-state index in [4.69, 9.17) is 5.11 Å². The van der Waals surface area contributed by atoms with Gasteiger partial charge in [-0.1, -0.05) is 30.3 Å². The van der Waals surface area contributed by atoms with E-state index in [0.29, 0.717) is 5.52 Å². The highest BCUT2D eigenvalue weighted by molar-refractivity contribution is 5.94. The minimum absolute atomic E-state index is 0.150. The predicted molar refractivity (Wildman–Crippen MR) is 90.4 cm³/mol. The number of phenolic OH excluding ortho intramolecular Hbond substituents is 1. The lowest BCUT2D eigenvalue weighted by Crippen LogP contribution is -2.23. The zero-order valence-electron chi connectivity index (χ0n) is 12.5. The van der Waals surface area contributed by atoms with Gasteiger partial charge in [-0.3, -0.25) is 0 Å². The molecular formula is C18H18N2O3. The van der Waals surface area contributed by atoms with Crippen LogP contribution >= 0.6 is 0 Å². The Morgan fingerprint density at radius 2 is 1.83 bits per heavy atom. The molecule has 4 N–H and O–H groups in total. The summed E-state index contributed by atoms with van der Waals surface area (Å²) in [6.07, 6.45) is -0.837. The van der Waals surface area contributed by atoms with Gasteiger partial charge in [0.2, 0.25) is 0 Å². The quantitative estimate of drug-likeness (QED) is 0.581. The first-order chi connectivity index (χ1) is 11.2. The average molecular weight is 310 g/mol. The SMILES string of the molecule is OC[C@@H](O)CNc1cc(-c2ccccc2)nc2cc(O)ccc12. The molecule has 0 aliphatic carbocycles. The van der Waals surface area contributed by atoms with E-state index in [1.165, 1.54) is 0 Å². The number of hydrogen-bond donors (Lipinski definition) is 4. The number of rotatable bonds is 5. The third-order valence-electron chi connectivity index (χ3n) is 3.60. The Kier molecular flexibility index (Phi) is 4.41. The van der Waals surface area contributed by atoms with Crippen LogP contribution in [-0.4, -0.2) is 39.6 Å². The Balaban J connectivity index is 2.08. The normalized spacial score (nSPS) is 12.3. The smallest absolute Gasteiger partial charge is 0.117 e. The van der Waals surface area contributed by atoms with Gasteiger partial charge in [-0.2, -0.15) is 0 Å². The van der Waals surface area contributed by atoms with Gasteiger partial charge in [0, 0.05) is 29.2 Å². The van der Waals surface area contributed by atoms with Crippen LogP contribution in [0, 0.1) is 0 Å². The second kappa shape index (κ2) is 6.64. The number of aromatic nitrogens is 1. The minimum Gasteiger partial charge on any atom is -0.508 e. The molecule has 23 heavy (non-hydrogen) atoms. The highest BCUT2D eigenvalue weighted by atomic mass is 16.3. The standard InChI is InChI=1S/C18H18N2O3/c21-11-14(23)10-19-17-9-16(12-4-2-1-3-5-12)20-18-8-13(22)6-7-15(17)18/h1-9,14,21-23H,10-11H2,(H,19,20)/t14-/m0/s1. The van der Waals surface area contributed by atoms with Crippen LogP contribution in [0.2, 0.25) is 0 Å². The minimum atomic E-state index is -0.837. The fourth-order valence-corrected chi connectivity index (χ4v) is 2.41. The summed E-state index contributed by atoms with van der Waals surface area (Å²) in [7, 11) is 0. The summed E-state index contributed by atoms with van der Waals surface area (Å²) in [6, 6.07) is 16.6. The molecule has 0 radical (unpaired) electrons. The van der Waals surface area contributed by atoms with Crippen LogP contribution in [0.5, 0.6) is 5.75 Å². The second-order valence-electron chi connectivity index (χ2n) is 5.34. The Bertz CT molecular complexity index is 806. The number of aliphatic hydroxyl groups is 2. The number of pyridine rings is 1. The molecule has 0 aliphatic heterocycles. The molecule has 0 unspecified atom stereocenters. The number of fused-ring (bicyclic) bond motifs is 1. The zero-order chi connectivity index (χ0) is 16.2. The molecule has 0 fully saturated rings. The maximum absolute atomic E-state index is 9.71. The lowest BCUT2D eigenvalue weighted by molar-refractivity contribution is 0.105. The topological polar surface area (TPSA) is 85.6 Å². The van der Waals surface area contributed by atoms with Gasteiger partial charge in [0.15, 0.2) is 0 Å². The van der Waals surface area contributed by atoms with Crippen molar-refractivity contribution in [1.29, 1.82) is 0 Å². The number of nitrogens with zero attached hydrogens (tertiary/aromatic N) is 1. The van der Waals surface area contributed by atoms with E-state index in [-0.39, 0.29) is 18.9 Å². The van der Waals surface area contributed by atoms with Crippen LogP contribution in [0.3, 0.4) is 0 Å². The van der Waals surface area contributed by atoms with Crippen LogP contribution in [0.15, 0.2) is 54.6 Å². The van der Waals surface area contributed by atoms with Crippen LogP contribution in [0.25, 0.3) is 22.2 Å². The average Bonchev–Trinajstić information content (AvgIpc) is 2.59. The molecule has 0 aliphatic rings. The van der Waals surface area contributed by atoms with E-state index in [2.05, 4.69) is 10.3 Å². The molecule has 0 bridgehead atoms. The summed E-state index contributed by atoms with van der Waals surface area (Å²) in [4.78, 5) is 4.60. The van der Waals surface area contributed by atoms with Gasteiger partial charge < -0.3 is 20.6 Å². The first kappa shape index (κ1) is 15.3. The van der Waals surface area contributed by atoms with Gasteiger partial charge in [-0.05, 0) is 18.2 Å². The van der Waals surface area contributed by atoms with Crippen molar-refractivity contribution >= 4 is 16.6 Å². The Morgan fingerprint density at radius 3 is 2.57 bits per heavy atom. The molecule has 0 spiro atoms.